The number of ether oxygens (including phenoxy) is 3. The molecule has 1 aromatic rings. The lowest BCUT2D eigenvalue weighted by molar-refractivity contribution is 0.167. The van der Waals surface area contributed by atoms with Crippen LogP contribution < -0.4 is 9.47 Å². The third-order valence-electron chi connectivity index (χ3n) is 2.45. The van der Waals surface area contributed by atoms with Gasteiger partial charge in [0.1, 0.15) is 0 Å². The summed E-state index contributed by atoms with van der Waals surface area (Å²) in [6.07, 6.45) is 0.939. The van der Waals surface area contributed by atoms with Crippen molar-refractivity contribution in [1.29, 1.82) is 0 Å². The first-order valence-electron chi connectivity index (χ1n) is 6.11. The number of benzene rings is 1. The van der Waals surface area contributed by atoms with Gasteiger partial charge in [-0.2, -0.15) is 12.6 Å². The summed E-state index contributed by atoms with van der Waals surface area (Å²) in [5.41, 5.74) is 0. The summed E-state index contributed by atoms with van der Waals surface area (Å²) in [6.45, 7) is 2.92. The van der Waals surface area contributed by atoms with Crippen molar-refractivity contribution in [2.45, 2.75) is 11.3 Å². The van der Waals surface area contributed by atoms with Crippen LogP contribution in [0.1, 0.15) is 6.42 Å². The van der Waals surface area contributed by atoms with Gasteiger partial charge in [0.2, 0.25) is 0 Å². The standard InChI is InChI=1S/C13H18O3S2/c17-8-6-14-7-9-18-11-2-3-12-13(10-11)16-5-1-4-15-12/h2-3,10,17H,1,4-9H2. The van der Waals surface area contributed by atoms with Gasteiger partial charge in [0.25, 0.3) is 0 Å². The van der Waals surface area contributed by atoms with Gasteiger partial charge in [-0.15, -0.1) is 11.8 Å². The normalized spacial score (nSPS) is 14.3. The molecule has 0 N–H and O–H groups in total. The van der Waals surface area contributed by atoms with Gasteiger partial charge in [0, 0.05) is 22.8 Å². The van der Waals surface area contributed by atoms with E-state index < -0.39 is 0 Å². The van der Waals surface area contributed by atoms with Gasteiger partial charge < -0.3 is 14.2 Å². The molecule has 0 amide bonds. The maximum absolute atomic E-state index is 5.65. The maximum atomic E-state index is 5.65. The van der Waals surface area contributed by atoms with Crippen molar-refractivity contribution in [2.24, 2.45) is 0 Å². The summed E-state index contributed by atoms with van der Waals surface area (Å²) in [6, 6.07) is 6.10. The fourth-order valence-electron chi connectivity index (χ4n) is 1.62. The zero-order valence-electron chi connectivity index (χ0n) is 10.3. The third-order valence-corrected chi connectivity index (χ3v) is 3.59. The first kappa shape index (κ1) is 13.9. The Bertz CT molecular complexity index is 371. The van der Waals surface area contributed by atoms with Crippen molar-refractivity contribution in [3.63, 3.8) is 0 Å². The number of hydrogen-bond acceptors (Lipinski definition) is 5. The molecule has 2 rings (SSSR count). The lowest BCUT2D eigenvalue weighted by Gasteiger charge is -2.09. The van der Waals surface area contributed by atoms with Gasteiger partial charge in [0.15, 0.2) is 11.5 Å². The monoisotopic (exact) mass is 286 g/mol. The van der Waals surface area contributed by atoms with Crippen LogP contribution in [0.25, 0.3) is 0 Å². The van der Waals surface area contributed by atoms with Crippen molar-refractivity contribution in [3.8, 4) is 11.5 Å². The summed E-state index contributed by atoms with van der Waals surface area (Å²) in [5, 5.41) is 0. The molecule has 0 fully saturated rings. The van der Waals surface area contributed by atoms with Crippen LogP contribution in [-0.2, 0) is 4.74 Å². The van der Waals surface area contributed by atoms with Crippen LogP contribution in [0.4, 0.5) is 0 Å². The molecule has 18 heavy (non-hydrogen) atoms. The molecule has 0 saturated heterocycles. The molecule has 0 aliphatic carbocycles. The molecule has 0 bridgehead atoms. The molecule has 1 aliphatic rings. The smallest absolute Gasteiger partial charge is 0.162 e. The molecule has 0 radical (unpaired) electrons. The van der Waals surface area contributed by atoms with E-state index in [0.29, 0.717) is 6.61 Å². The molecule has 1 aliphatic heterocycles. The molecule has 100 valence electrons. The SMILES string of the molecule is SCCOCCSc1ccc2c(c1)OCCCO2. The predicted molar refractivity (Wildman–Crippen MR) is 77.4 cm³/mol. The molecule has 3 nitrogen and oxygen atoms in total. The average molecular weight is 286 g/mol. The molecule has 0 atom stereocenters. The van der Waals surface area contributed by atoms with Crippen LogP contribution in [0.5, 0.6) is 11.5 Å². The van der Waals surface area contributed by atoms with Crippen LogP contribution in [0.2, 0.25) is 0 Å². The van der Waals surface area contributed by atoms with E-state index in [1.54, 1.807) is 11.8 Å². The van der Waals surface area contributed by atoms with E-state index in [2.05, 4.69) is 18.7 Å². The van der Waals surface area contributed by atoms with Crippen LogP contribution >= 0.6 is 24.4 Å². The highest BCUT2D eigenvalue weighted by Gasteiger charge is 2.10. The van der Waals surface area contributed by atoms with Crippen molar-refractivity contribution in [1.82, 2.24) is 0 Å². The van der Waals surface area contributed by atoms with Gasteiger partial charge in [-0.25, -0.2) is 0 Å². The third kappa shape index (κ3) is 4.30. The van der Waals surface area contributed by atoms with Crippen molar-refractivity contribution >= 4 is 24.4 Å². The van der Waals surface area contributed by atoms with E-state index in [1.807, 2.05) is 12.1 Å². The maximum Gasteiger partial charge on any atom is 0.162 e. The van der Waals surface area contributed by atoms with E-state index in [0.717, 1.165) is 49.2 Å². The number of hydrogen-bond donors (Lipinski definition) is 1. The van der Waals surface area contributed by atoms with Gasteiger partial charge in [0.05, 0.1) is 26.4 Å². The molecule has 0 aromatic heterocycles. The molecule has 0 unspecified atom stereocenters. The lowest BCUT2D eigenvalue weighted by Crippen LogP contribution is -2.00. The zero-order valence-corrected chi connectivity index (χ0v) is 12.0. The van der Waals surface area contributed by atoms with Crippen LogP contribution in [0.15, 0.2) is 23.1 Å². The summed E-state index contributed by atoms with van der Waals surface area (Å²) >= 11 is 5.86. The van der Waals surface area contributed by atoms with Gasteiger partial charge in [-0.05, 0) is 18.2 Å². The topological polar surface area (TPSA) is 27.7 Å². The fraction of sp³-hybridized carbons (Fsp3) is 0.538. The lowest BCUT2D eigenvalue weighted by atomic mass is 10.3. The van der Waals surface area contributed by atoms with E-state index in [-0.39, 0.29) is 0 Å². The van der Waals surface area contributed by atoms with Gasteiger partial charge in [-0.3, -0.25) is 0 Å². The largest absolute Gasteiger partial charge is 0.490 e. The van der Waals surface area contributed by atoms with Crippen molar-refractivity contribution in [2.75, 3.05) is 37.9 Å². The summed E-state index contributed by atoms with van der Waals surface area (Å²) < 4.78 is 16.6. The molecule has 1 heterocycles. The number of thioether (sulfide) groups is 1. The summed E-state index contributed by atoms with van der Waals surface area (Å²) in [7, 11) is 0. The second kappa shape index (κ2) is 7.81. The Hall–Kier alpha value is -0.520. The average Bonchev–Trinajstić information content (AvgIpc) is 2.63. The van der Waals surface area contributed by atoms with Gasteiger partial charge in [-0.1, -0.05) is 0 Å². The summed E-state index contributed by atoms with van der Waals surface area (Å²) in [4.78, 5) is 1.19. The highest BCUT2D eigenvalue weighted by molar-refractivity contribution is 7.99. The molecule has 0 saturated carbocycles. The first-order chi connectivity index (χ1) is 8.90. The summed E-state index contributed by atoms with van der Waals surface area (Å²) in [5.74, 6) is 3.42. The molecule has 0 spiro atoms. The highest BCUT2D eigenvalue weighted by atomic mass is 32.2. The Labute approximate surface area is 118 Å². The predicted octanol–water partition coefficient (Wildman–Crippen LogP) is 2.89. The number of thiol groups is 1. The molecule has 1 aromatic carbocycles. The fourth-order valence-corrected chi connectivity index (χ4v) is 2.54. The Morgan fingerprint density at radius 2 is 2.00 bits per heavy atom. The Morgan fingerprint density at radius 3 is 2.83 bits per heavy atom. The van der Waals surface area contributed by atoms with E-state index in [4.69, 9.17) is 14.2 Å². The Balaban J connectivity index is 1.84. The quantitative estimate of drug-likeness (QED) is 0.494. The second-order valence-electron chi connectivity index (χ2n) is 3.84. The van der Waals surface area contributed by atoms with Crippen LogP contribution in [0.3, 0.4) is 0 Å². The highest BCUT2D eigenvalue weighted by Crippen LogP contribution is 2.33. The van der Waals surface area contributed by atoms with Crippen LogP contribution in [0, 0.1) is 0 Å². The van der Waals surface area contributed by atoms with E-state index >= 15 is 0 Å². The van der Waals surface area contributed by atoms with E-state index in [1.165, 1.54) is 4.90 Å². The first-order valence-corrected chi connectivity index (χ1v) is 7.73. The zero-order chi connectivity index (χ0) is 12.6. The minimum Gasteiger partial charge on any atom is -0.490 e. The van der Waals surface area contributed by atoms with E-state index in [9.17, 15) is 0 Å². The van der Waals surface area contributed by atoms with Gasteiger partial charge >= 0.3 is 0 Å². The minimum absolute atomic E-state index is 0.713. The molecular formula is C13H18O3S2. The molecule has 5 heteroatoms. The number of rotatable bonds is 6. The van der Waals surface area contributed by atoms with Crippen LogP contribution in [-0.4, -0.2) is 37.9 Å². The van der Waals surface area contributed by atoms with Crippen molar-refractivity contribution in [3.05, 3.63) is 18.2 Å². The minimum atomic E-state index is 0.713. The van der Waals surface area contributed by atoms with Crippen molar-refractivity contribution < 1.29 is 14.2 Å². The second-order valence-corrected chi connectivity index (χ2v) is 5.46. The number of fused-ring (bicyclic) bond motifs is 1. The Morgan fingerprint density at radius 1 is 1.17 bits per heavy atom. The Kier molecular flexibility index (Phi) is 6.04. The molecular weight excluding hydrogens is 268 g/mol.